The van der Waals surface area contributed by atoms with Crippen LogP contribution >= 0.6 is 0 Å². The first kappa shape index (κ1) is 18.4. The zero-order valence-electron chi connectivity index (χ0n) is 15.1. The topological polar surface area (TPSA) is 105 Å². The molecule has 0 aliphatic carbocycles. The molecule has 8 heteroatoms. The summed E-state index contributed by atoms with van der Waals surface area (Å²) >= 11 is 0. The van der Waals surface area contributed by atoms with Crippen molar-refractivity contribution < 1.29 is 14.5 Å². The van der Waals surface area contributed by atoms with Crippen LogP contribution in [0.2, 0.25) is 0 Å². The van der Waals surface area contributed by atoms with E-state index in [-0.39, 0.29) is 24.0 Å². The van der Waals surface area contributed by atoms with Gasteiger partial charge in [0.1, 0.15) is 0 Å². The number of nitro benzene ring substituents is 1. The number of anilines is 3. The number of carbonyl (C=O) groups is 2. The Morgan fingerprint density at radius 1 is 1.26 bits per heavy atom. The molecule has 1 aliphatic heterocycles. The van der Waals surface area contributed by atoms with Crippen LogP contribution in [-0.4, -0.2) is 29.8 Å². The minimum Gasteiger partial charge on any atom is -0.376 e. The van der Waals surface area contributed by atoms with Gasteiger partial charge in [-0.2, -0.15) is 0 Å². The van der Waals surface area contributed by atoms with Crippen molar-refractivity contribution in [2.75, 3.05) is 28.6 Å². The van der Waals surface area contributed by atoms with Crippen LogP contribution in [0.3, 0.4) is 0 Å². The number of benzene rings is 2. The molecule has 0 saturated heterocycles. The molecule has 0 atom stereocenters. The van der Waals surface area contributed by atoms with Crippen molar-refractivity contribution in [2.24, 2.45) is 0 Å². The molecule has 1 heterocycles. The van der Waals surface area contributed by atoms with Gasteiger partial charge in [0.25, 0.3) is 5.69 Å². The predicted molar refractivity (Wildman–Crippen MR) is 103 cm³/mol. The molecule has 2 aromatic carbocycles. The second-order valence-corrected chi connectivity index (χ2v) is 6.37. The molecule has 0 unspecified atom stereocenters. The Bertz CT molecular complexity index is 926. The van der Waals surface area contributed by atoms with Crippen LogP contribution in [-0.2, 0) is 16.0 Å². The SMILES string of the molecule is CC(=O)N1CCc2cc(NC(=O)CNc3cccc([N+](=O)[O-])c3C)ccc21. The summed E-state index contributed by atoms with van der Waals surface area (Å²) < 4.78 is 0. The molecule has 3 rings (SSSR count). The van der Waals surface area contributed by atoms with Crippen molar-refractivity contribution >= 4 is 34.6 Å². The maximum atomic E-state index is 12.2. The van der Waals surface area contributed by atoms with Crippen molar-refractivity contribution in [1.82, 2.24) is 0 Å². The standard InChI is InChI=1S/C19H20N4O4/c1-12-16(4-3-5-17(12)23(26)27)20-11-19(25)21-15-6-7-18-14(10-15)8-9-22(18)13(2)24/h3-7,10,20H,8-9,11H2,1-2H3,(H,21,25). The van der Waals surface area contributed by atoms with Crippen molar-refractivity contribution in [2.45, 2.75) is 20.3 Å². The number of nitrogens with one attached hydrogen (secondary N) is 2. The van der Waals surface area contributed by atoms with Gasteiger partial charge in [0.15, 0.2) is 0 Å². The summed E-state index contributed by atoms with van der Waals surface area (Å²) in [5.74, 6) is -0.260. The smallest absolute Gasteiger partial charge is 0.274 e. The highest BCUT2D eigenvalue weighted by Crippen LogP contribution is 2.30. The summed E-state index contributed by atoms with van der Waals surface area (Å²) in [5.41, 5.74) is 3.59. The molecule has 1 aliphatic rings. The Morgan fingerprint density at radius 2 is 2.04 bits per heavy atom. The fourth-order valence-electron chi connectivity index (χ4n) is 3.20. The van der Waals surface area contributed by atoms with Gasteiger partial charge in [0, 0.05) is 42.2 Å². The molecule has 27 heavy (non-hydrogen) atoms. The Hall–Kier alpha value is -3.42. The third-order valence-electron chi connectivity index (χ3n) is 4.58. The molecule has 8 nitrogen and oxygen atoms in total. The van der Waals surface area contributed by atoms with Gasteiger partial charge in [0.05, 0.1) is 11.5 Å². The van der Waals surface area contributed by atoms with Crippen molar-refractivity contribution in [3.63, 3.8) is 0 Å². The highest BCUT2D eigenvalue weighted by atomic mass is 16.6. The summed E-state index contributed by atoms with van der Waals surface area (Å²) in [7, 11) is 0. The first-order chi connectivity index (χ1) is 12.9. The predicted octanol–water partition coefficient (Wildman–Crippen LogP) is 2.86. The number of nitro groups is 1. The lowest BCUT2D eigenvalue weighted by Gasteiger charge is -2.15. The molecule has 2 amide bonds. The zero-order chi connectivity index (χ0) is 19.6. The van der Waals surface area contributed by atoms with Gasteiger partial charge < -0.3 is 15.5 Å². The number of fused-ring (bicyclic) bond motifs is 1. The van der Waals surface area contributed by atoms with E-state index in [0.29, 0.717) is 23.5 Å². The normalized spacial score (nSPS) is 12.4. The molecule has 0 aromatic heterocycles. The van der Waals surface area contributed by atoms with Crippen molar-refractivity contribution in [3.05, 3.63) is 57.6 Å². The van der Waals surface area contributed by atoms with Crippen molar-refractivity contribution in [3.8, 4) is 0 Å². The Labute approximate surface area is 156 Å². The van der Waals surface area contributed by atoms with E-state index in [2.05, 4.69) is 10.6 Å². The quantitative estimate of drug-likeness (QED) is 0.624. The summed E-state index contributed by atoms with van der Waals surface area (Å²) in [6, 6.07) is 10.2. The van der Waals surface area contributed by atoms with E-state index >= 15 is 0 Å². The van der Waals surface area contributed by atoms with Gasteiger partial charge in [-0.1, -0.05) is 6.07 Å². The molecular formula is C19H20N4O4. The van der Waals surface area contributed by atoms with Crippen molar-refractivity contribution in [1.29, 1.82) is 0 Å². The van der Waals surface area contributed by atoms with E-state index in [9.17, 15) is 19.7 Å². The average Bonchev–Trinajstić information content (AvgIpc) is 3.04. The van der Waals surface area contributed by atoms with Gasteiger partial charge >= 0.3 is 0 Å². The minimum absolute atomic E-state index is 0.00191. The fraction of sp³-hybridized carbons (Fsp3) is 0.263. The molecule has 2 N–H and O–H groups in total. The van der Waals surface area contributed by atoms with E-state index in [1.165, 1.54) is 13.0 Å². The highest BCUT2D eigenvalue weighted by Gasteiger charge is 2.22. The monoisotopic (exact) mass is 368 g/mol. The Balaban J connectivity index is 1.63. The van der Waals surface area contributed by atoms with Gasteiger partial charge in [-0.05, 0) is 43.2 Å². The molecule has 140 valence electrons. The average molecular weight is 368 g/mol. The lowest BCUT2D eigenvalue weighted by molar-refractivity contribution is -0.385. The second kappa shape index (κ2) is 7.45. The fourth-order valence-corrected chi connectivity index (χ4v) is 3.20. The number of hydrogen-bond acceptors (Lipinski definition) is 5. The summed E-state index contributed by atoms with van der Waals surface area (Å²) in [6.07, 6.45) is 0.754. The minimum atomic E-state index is -0.449. The van der Waals surface area contributed by atoms with Crippen LogP contribution in [0, 0.1) is 17.0 Å². The lowest BCUT2D eigenvalue weighted by atomic mass is 10.1. The number of nitrogens with zero attached hydrogens (tertiary/aromatic N) is 2. The zero-order valence-corrected chi connectivity index (χ0v) is 15.1. The number of rotatable bonds is 5. The van der Waals surface area contributed by atoms with Gasteiger partial charge in [0.2, 0.25) is 11.8 Å². The molecule has 0 bridgehead atoms. The Kier molecular flexibility index (Phi) is 5.07. The van der Waals surface area contributed by atoms with Gasteiger partial charge in [-0.3, -0.25) is 19.7 Å². The molecule has 0 spiro atoms. The third kappa shape index (κ3) is 3.89. The van der Waals surface area contributed by atoms with Crippen LogP contribution in [0.25, 0.3) is 0 Å². The van der Waals surface area contributed by atoms with Crippen LogP contribution in [0.4, 0.5) is 22.7 Å². The van der Waals surface area contributed by atoms with Crippen LogP contribution in [0.5, 0.6) is 0 Å². The number of hydrogen-bond donors (Lipinski definition) is 2. The van der Waals surface area contributed by atoms with Gasteiger partial charge in [-0.25, -0.2) is 0 Å². The van der Waals surface area contributed by atoms with E-state index in [1.54, 1.807) is 30.0 Å². The summed E-state index contributed by atoms with van der Waals surface area (Å²) in [6.45, 7) is 3.81. The molecule has 0 radical (unpaired) electrons. The first-order valence-electron chi connectivity index (χ1n) is 8.55. The molecule has 0 saturated carbocycles. The first-order valence-corrected chi connectivity index (χ1v) is 8.55. The Morgan fingerprint density at radius 3 is 2.74 bits per heavy atom. The maximum absolute atomic E-state index is 12.2. The van der Waals surface area contributed by atoms with Crippen LogP contribution in [0.1, 0.15) is 18.1 Å². The summed E-state index contributed by atoms with van der Waals surface area (Å²) in [5, 5.41) is 16.7. The van der Waals surface area contributed by atoms with E-state index < -0.39 is 4.92 Å². The van der Waals surface area contributed by atoms with Gasteiger partial charge in [-0.15, -0.1) is 0 Å². The second-order valence-electron chi connectivity index (χ2n) is 6.37. The van der Waals surface area contributed by atoms with E-state index in [1.807, 2.05) is 12.1 Å². The summed E-state index contributed by atoms with van der Waals surface area (Å²) in [4.78, 5) is 36.1. The van der Waals surface area contributed by atoms with Crippen LogP contribution in [0.15, 0.2) is 36.4 Å². The van der Waals surface area contributed by atoms with E-state index in [4.69, 9.17) is 0 Å². The lowest BCUT2D eigenvalue weighted by Crippen LogP contribution is -2.25. The highest BCUT2D eigenvalue weighted by molar-refractivity contribution is 5.96. The largest absolute Gasteiger partial charge is 0.376 e. The van der Waals surface area contributed by atoms with E-state index in [0.717, 1.165) is 17.7 Å². The maximum Gasteiger partial charge on any atom is 0.274 e. The number of amides is 2. The van der Waals surface area contributed by atoms with Crippen LogP contribution < -0.4 is 15.5 Å². The number of carbonyl (C=O) groups excluding carboxylic acids is 2. The molecular weight excluding hydrogens is 348 g/mol. The molecule has 2 aromatic rings. The third-order valence-corrected chi connectivity index (χ3v) is 4.58. The molecule has 0 fully saturated rings.